The molecule has 0 aliphatic rings. The lowest BCUT2D eigenvalue weighted by molar-refractivity contribution is -0.123. The van der Waals surface area contributed by atoms with Gasteiger partial charge in [0, 0.05) is 6.04 Å². The highest BCUT2D eigenvalue weighted by molar-refractivity contribution is 5.85. The summed E-state index contributed by atoms with van der Waals surface area (Å²) in [5, 5.41) is 5.43. The molecule has 2 N–H and O–H groups in total. The van der Waals surface area contributed by atoms with Crippen LogP contribution in [0.3, 0.4) is 0 Å². The lowest BCUT2D eigenvalue weighted by Gasteiger charge is -2.07. The van der Waals surface area contributed by atoms with Crippen LogP contribution in [0.25, 0.3) is 0 Å². The third-order valence-corrected chi connectivity index (χ3v) is 1.21. The van der Waals surface area contributed by atoms with Crippen molar-refractivity contribution in [3.8, 4) is 0 Å². The van der Waals surface area contributed by atoms with Crippen molar-refractivity contribution in [1.29, 1.82) is 0 Å². The molecule has 0 rings (SSSR count). The highest BCUT2D eigenvalue weighted by Crippen LogP contribution is 1.74. The summed E-state index contributed by atoms with van der Waals surface area (Å²) in [6.45, 7) is 5.75. The Morgan fingerprint density at radius 1 is 1.25 bits per heavy atom. The number of rotatable bonds is 5. The summed E-state index contributed by atoms with van der Waals surface area (Å²) in [5.41, 5.74) is 0. The Balaban J connectivity index is 3.40. The lowest BCUT2D eigenvalue weighted by atomic mass is 10.4. The van der Waals surface area contributed by atoms with Gasteiger partial charge in [-0.3, -0.25) is 9.59 Å². The first-order valence-electron chi connectivity index (χ1n) is 4.02. The number of carbonyl (C=O) groups excluding carboxylic acids is 2. The van der Waals surface area contributed by atoms with Crippen LogP contribution in [0.4, 0.5) is 0 Å². The Bertz CT molecular complexity index is 166. The second-order valence-corrected chi connectivity index (χ2v) is 3.01. The van der Waals surface area contributed by atoms with Gasteiger partial charge >= 0.3 is 0 Å². The highest BCUT2D eigenvalue weighted by atomic mass is 16.2. The van der Waals surface area contributed by atoms with Gasteiger partial charge in [-0.15, -0.1) is 0 Å². The van der Waals surface area contributed by atoms with Crippen LogP contribution in [-0.4, -0.2) is 30.8 Å². The largest absolute Gasteiger partial charge is 0.348 e. The molecule has 0 atom stereocenters. The molecule has 0 heterocycles. The van der Waals surface area contributed by atoms with E-state index in [1.54, 1.807) is 0 Å². The number of amides is 1. The van der Waals surface area contributed by atoms with E-state index in [1.807, 2.05) is 13.8 Å². The molecule has 0 fully saturated rings. The van der Waals surface area contributed by atoms with Crippen molar-refractivity contribution in [1.82, 2.24) is 10.6 Å². The average Bonchev–Trinajstić information content (AvgIpc) is 1.96. The van der Waals surface area contributed by atoms with Gasteiger partial charge in [-0.2, -0.15) is 0 Å². The van der Waals surface area contributed by atoms with Gasteiger partial charge in [0.15, 0.2) is 0 Å². The van der Waals surface area contributed by atoms with Crippen LogP contribution in [0, 0.1) is 0 Å². The Labute approximate surface area is 72.7 Å². The van der Waals surface area contributed by atoms with Gasteiger partial charge < -0.3 is 10.6 Å². The average molecular weight is 172 g/mol. The number of Topliss-reactive ketones (excluding diaryl/α,β-unsaturated/α-hetero) is 1. The number of hydrogen-bond donors (Lipinski definition) is 2. The maximum atomic E-state index is 10.9. The summed E-state index contributed by atoms with van der Waals surface area (Å²) >= 11 is 0. The molecule has 4 nitrogen and oxygen atoms in total. The minimum Gasteiger partial charge on any atom is -0.348 e. The standard InChI is InChI=1S/C8H16N2O2/c1-6(2)9-5-8(12)10-4-7(3)11/h6,9H,4-5H2,1-3H3,(H,10,12). The zero-order valence-corrected chi connectivity index (χ0v) is 7.81. The Morgan fingerprint density at radius 3 is 2.25 bits per heavy atom. The molecule has 0 saturated carbocycles. The van der Waals surface area contributed by atoms with Crippen LogP contribution in [0.5, 0.6) is 0 Å². The van der Waals surface area contributed by atoms with Gasteiger partial charge in [-0.25, -0.2) is 0 Å². The molecule has 0 aliphatic heterocycles. The van der Waals surface area contributed by atoms with E-state index in [2.05, 4.69) is 10.6 Å². The molecule has 0 aromatic carbocycles. The normalized spacial score (nSPS) is 10.0. The van der Waals surface area contributed by atoms with Crippen molar-refractivity contribution in [2.45, 2.75) is 26.8 Å². The van der Waals surface area contributed by atoms with Crippen molar-refractivity contribution < 1.29 is 9.59 Å². The predicted molar refractivity (Wildman–Crippen MR) is 46.8 cm³/mol. The molecule has 0 aliphatic carbocycles. The molecular weight excluding hydrogens is 156 g/mol. The monoisotopic (exact) mass is 172 g/mol. The van der Waals surface area contributed by atoms with Gasteiger partial charge in [0.25, 0.3) is 0 Å². The molecule has 70 valence electrons. The number of carbonyl (C=O) groups is 2. The minimum absolute atomic E-state index is 0.0344. The molecule has 0 aromatic rings. The fraction of sp³-hybridized carbons (Fsp3) is 0.750. The topological polar surface area (TPSA) is 58.2 Å². The summed E-state index contributed by atoms with van der Waals surface area (Å²) in [5.74, 6) is -0.174. The summed E-state index contributed by atoms with van der Waals surface area (Å²) in [6, 6.07) is 0.285. The summed E-state index contributed by atoms with van der Waals surface area (Å²) in [4.78, 5) is 21.4. The van der Waals surface area contributed by atoms with Crippen LogP contribution in [0.2, 0.25) is 0 Å². The van der Waals surface area contributed by atoms with Crippen LogP contribution in [-0.2, 0) is 9.59 Å². The Morgan fingerprint density at radius 2 is 1.83 bits per heavy atom. The van der Waals surface area contributed by atoms with Crippen molar-refractivity contribution in [2.75, 3.05) is 13.1 Å². The number of hydrogen-bond acceptors (Lipinski definition) is 3. The van der Waals surface area contributed by atoms with Gasteiger partial charge in [-0.05, 0) is 6.92 Å². The van der Waals surface area contributed by atoms with E-state index in [9.17, 15) is 9.59 Å². The lowest BCUT2D eigenvalue weighted by Crippen LogP contribution is -2.38. The summed E-state index contributed by atoms with van der Waals surface area (Å²) < 4.78 is 0. The molecule has 0 spiro atoms. The molecule has 0 radical (unpaired) electrons. The molecule has 0 bridgehead atoms. The number of ketones is 1. The smallest absolute Gasteiger partial charge is 0.234 e. The Kier molecular flexibility index (Phi) is 5.28. The van der Waals surface area contributed by atoms with E-state index in [4.69, 9.17) is 0 Å². The molecule has 0 unspecified atom stereocenters. The molecular formula is C8H16N2O2. The quantitative estimate of drug-likeness (QED) is 0.598. The first-order chi connectivity index (χ1) is 5.52. The SMILES string of the molecule is CC(=O)CNC(=O)CNC(C)C. The van der Waals surface area contributed by atoms with Gasteiger partial charge in [0.2, 0.25) is 5.91 Å². The van der Waals surface area contributed by atoms with Crippen LogP contribution >= 0.6 is 0 Å². The highest BCUT2D eigenvalue weighted by Gasteiger charge is 2.01. The second kappa shape index (κ2) is 5.71. The van der Waals surface area contributed by atoms with E-state index in [-0.39, 0.29) is 30.8 Å². The van der Waals surface area contributed by atoms with E-state index in [1.165, 1.54) is 6.92 Å². The zero-order valence-electron chi connectivity index (χ0n) is 7.81. The number of nitrogens with one attached hydrogen (secondary N) is 2. The van der Waals surface area contributed by atoms with Crippen molar-refractivity contribution in [3.05, 3.63) is 0 Å². The molecule has 0 aromatic heterocycles. The van der Waals surface area contributed by atoms with E-state index >= 15 is 0 Å². The fourth-order valence-electron chi connectivity index (χ4n) is 0.582. The maximum absolute atomic E-state index is 10.9. The van der Waals surface area contributed by atoms with Crippen molar-refractivity contribution in [3.63, 3.8) is 0 Å². The maximum Gasteiger partial charge on any atom is 0.234 e. The van der Waals surface area contributed by atoms with Crippen LogP contribution in [0.15, 0.2) is 0 Å². The van der Waals surface area contributed by atoms with E-state index < -0.39 is 0 Å². The molecule has 1 amide bonds. The summed E-state index contributed by atoms with van der Waals surface area (Å²) in [6.07, 6.45) is 0. The van der Waals surface area contributed by atoms with Crippen LogP contribution in [0.1, 0.15) is 20.8 Å². The third-order valence-electron chi connectivity index (χ3n) is 1.21. The van der Waals surface area contributed by atoms with E-state index in [0.29, 0.717) is 0 Å². The van der Waals surface area contributed by atoms with Crippen LogP contribution < -0.4 is 10.6 Å². The van der Waals surface area contributed by atoms with Crippen molar-refractivity contribution >= 4 is 11.7 Å². The Hall–Kier alpha value is -0.900. The second-order valence-electron chi connectivity index (χ2n) is 3.01. The van der Waals surface area contributed by atoms with Gasteiger partial charge in [-0.1, -0.05) is 13.8 Å². The van der Waals surface area contributed by atoms with Gasteiger partial charge in [0.1, 0.15) is 5.78 Å². The molecule has 4 heteroatoms. The fourth-order valence-corrected chi connectivity index (χ4v) is 0.582. The first kappa shape index (κ1) is 11.1. The molecule has 12 heavy (non-hydrogen) atoms. The predicted octanol–water partition coefficient (Wildman–Crippen LogP) is -0.310. The van der Waals surface area contributed by atoms with Gasteiger partial charge in [0.05, 0.1) is 13.1 Å². The third kappa shape index (κ3) is 7.21. The van der Waals surface area contributed by atoms with Crippen molar-refractivity contribution in [2.24, 2.45) is 0 Å². The zero-order chi connectivity index (χ0) is 9.56. The molecule has 0 saturated heterocycles. The first-order valence-corrected chi connectivity index (χ1v) is 4.02. The minimum atomic E-state index is -0.140. The van der Waals surface area contributed by atoms with E-state index in [0.717, 1.165) is 0 Å². The summed E-state index contributed by atoms with van der Waals surface area (Å²) in [7, 11) is 0.